The van der Waals surface area contributed by atoms with Gasteiger partial charge in [-0.3, -0.25) is 14.6 Å². The van der Waals surface area contributed by atoms with Crippen LogP contribution in [0.4, 0.5) is 0 Å². The second-order valence-corrected chi connectivity index (χ2v) is 8.60. The third-order valence-corrected chi connectivity index (χ3v) is 6.93. The van der Waals surface area contributed by atoms with Gasteiger partial charge in [0.1, 0.15) is 0 Å². The zero-order valence-electron chi connectivity index (χ0n) is 19.5. The number of fused-ring (bicyclic) bond motifs is 1. The van der Waals surface area contributed by atoms with Crippen LogP contribution in [0.5, 0.6) is 0 Å². The topological polar surface area (TPSA) is 44.8 Å². The monoisotopic (exact) mass is 425 g/mol. The molecule has 1 aliphatic rings. The summed E-state index contributed by atoms with van der Waals surface area (Å²) in [5.41, 5.74) is 1.25. The predicted octanol–water partition coefficient (Wildman–Crippen LogP) is 3.67. The number of nitrogens with zero attached hydrogens (tertiary/aromatic N) is 2. The molecule has 170 valence electrons. The molecule has 3 rings (SSSR count). The maximum absolute atomic E-state index is 12.8. The SMILES string of the molecule is CCN(CC)CC(=O)NCC(CC)(CCN1CCOCC1)c1cccc2ccccc12. The number of benzene rings is 2. The first kappa shape index (κ1) is 23.7. The van der Waals surface area contributed by atoms with Crippen molar-refractivity contribution in [3.63, 3.8) is 0 Å². The molecule has 1 amide bonds. The standard InChI is InChI=1S/C26H39N3O2/c1-4-26(14-15-29-16-18-31-19-17-29,21-27-25(30)20-28(5-2)6-3)24-13-9-11-22-10-7-8-12-23(22)24/h7-13H,4-6,14-21H2,1-3H3,(H,27,30). The van der Waals surface area contributed by atoms with Gasteiger partial charge in [0.25, 0.3) is 0 Å². The number of nitrogens with one attached hydrogen (secondary N) is 1. The first-order chi connectivity index (χ1) is 15.1. The first-order valence-electron chi connectivity index (χ1n) is 11.9. The van der Waals surface area contributed by atoms with E-state index in [1.807, 2.05) is 0 Å². The van der Waals surface area contributed by atoms with Gasteiger partial charge in [-0.05, 0) is 48.8 Å². The predicted molar refractivity (Wildman–Crippen MR) is 129 cm³/mol. The third kappa shape index (κ3) is 6.06. The lowest BCUT2D eigenvalue weighted by atomic mass is 9.73. The minimum atomic E-state index is -0.0991. The van der Waals surface area contributed by atoms with Crippen LogP contribution in [-0.2, 0) is 14.9 Å². The lowest BCUT2D eigenvalue weighted by Crippen LogP contribution is -2.46. The van der Waals surface area contributed by atoms with Crippen molar-refractivity contribution >= 4 is 16.7 Å². The van der Waals surface area contributed by atoms with Crippen LogP contribution in [0.15, 0.2) is 42.5 Å². The van der Waals surface area contributed by atoms with Crippen LogP contribution in [0.3, 0.4) is 0 Å². The largest absolute Gasteiger partial charge is 0.379 e. The Kier molecular flexibility index (Phi) is 8.88. The molecular weight excluding hydrogens is 386 g/mol. The second-order valence-electron chi connectivity index (χ2n) is 8.60. The highest BCUT2D eigenvalue weighted by molar-refractivity contribution is 5.87. The van der Waals surface area contributed by atoms with Crippen molar-refractivity contribution in [2.75, 3.05) is 59.0 Å². The Balaban J connectivity index is 1.85. The van der Waals surface area contributed by atoms with E-state index in [1.165, 1.54) is 16.3 Å². The summed E-state index contributed by atoms with van der Waals surface area (Å²) in [6.07, 6.45) is 2.00. The molecule has 2 aromatic rings. The second kappa shape index (κ2) is 11.6. The Morgan fingerprint density at radius 3 is 2.48 bits per heavy atom. The molecule has 1 unspecified atom stereocenters. The molecule has 5 heteroatoms. The Hall–Kier alpha value is -1.95. The van der Waals surface area contributed by atoms with E-state index in [4.69, 9.17) is 4.74 Å². The number of likely N-dealkylation sites (N-methyl/N-ethyl adjacent to an activating group) is 1. The van der Waals surface area contributed by atoms with Crippen molar-refractivity contribution in [2.24, 2.45) is 0 Å². The number of morpholine rings is 1. The fraction of sp³-hybridized carbons (Fsp3) is 0.577. The van der Waals surface area contributed by atoms with Crippen LogP contribution >= 0.6 is 0 Å². The highest BCUT2D eigenvalue weighted by Crippen LogP contribution is 2.36. The summed E-state index contributed by atoms with van der Waals surface area (Å²) in [6.45, 7) is 14.0. The third-order valence-electron chi connectivity index (χ3n) is 6.93. The maximum atomic E-state index is 12.8. The van der Waals surface area contributed by atoms with Crippen molar-refractivity contribution in [3.8, 4) is 0 Å². The molecule has 0 radical (unpaired) electrons. The molecule has 1 saturated heterocycles. The molecule has 31 heavy (non-hydrogen) atoms. The zero-order valence-corrected chi connectivity index (χ0v) is 19.5. The minimum Gasteiger partial charge on any atom is -0.379 e. The van der Waals surface area contributed by atoms with Gasteiger partial charge < -0.3 is 10.1 Å². The number of hydrogen-bond donors (Lipinski definition) is 1. The highest BCUT2D eigenvalue weighted by atomic mass is 16.5. The first-order valence-corrected chi connectivity index (χ1v) is 11.9. The Morgan fingerprint density at radius 2 is 1.77 bits per heavy atom. The number of amides is 1. The van der Waals surface area contributed by atoms with E-state index in [9.17, 15) is 4.79 Å². The van der Waals surface area contributed by atoms with Crippen molar-refractivity contribution in [1.29, 1.82) is 0 Å². The summed E-state index contributed by atoms with van der Waals surface area (Å²) in [6, 6.07) is 15.2. The lowest BCUT2D eigenvalue weighted by molar-refractivity contribution is -0.122. The quantitative estimate of drug-likeness (QED) is 0.597. The number of ether oxygens (including phenoxy) is 1. The molecule has 1 atom stereocenters. The van der Waals surface area contributed by atoms with E-state index in [2.05, 4.69) is 78.4 Å². The Bertz CT molecular complexity index is 825. The van der Waals surface area contributed by atoms with E-state index in [0.717, 1.165) is 58.8 Å². The summed E-state index contributed by atoms with van der Waals surface area (Å²) >= 11 is 0. The summed E-state index contributed by atoms with van der Waals surface area (Å²) in [5, 5.41) is 5.86. The average molecular weight is 426 g/mol. The van der Waals surface area contributed by atoms with Crippen LogP contribution < -0.4 is 5.32 Å². The molecule has 0 saturated carbocycles. The van der Waals surface area contributed by atoms with Gasteiger partial charge in [0, 0.05) is 25.0 Å². The molecule has 1 aliphatic heterocycles. The summed E-state index contributed by atoms with van der Waals surface area (Å²) in [7, 11) is 0. The van der Waals surface area contributed by atoms with Crippen LogP contribution in [0.2, 0.25) is 0 Å². The highest BCUT2D eigenvalue weighted by Gasteiger charge is 2.33. The lowest BCUT2D eigenvalue weighted by Gasteiger charge is -2.38. The van der Waals surface area contributed by atoms with E-state index in [1.54, 1.807) is 0 Å². The van der Waals surface area contributed by atoms with Crippen LogP contribution in [0.25, 0.3) is 10.8 Å². The van der Waals surface area contributed by atoms with Gasteiger partial charge >= 0.3 is 0 Å². The van der Waals surface area contributed by atoms with E-state index >= 15 is 0 Å². The molecule has 0 bridgehead atoms. The number of carbonyl (C=O) groups is 1. The molecular formula is C26H39N3O2. The molecule has 1 N–H and O–H groups in total. The van der Waals surface area contributed by atoms with Gasteiger partial charge in [0.2, 0.25) is 5.91 Å². The van der Waals surface area contributed by atoms with Gasteiger partial charge in [-0.1, -0.05) is 63.2 Å². The van der Waals surface area contributed by atoms with Crippen molar-refractivity contribution in [3.05, 3.63) is 48.0 Å². The normalized spacial score (nSPS) is 17.0. The Labute approximate surface area is 187 Å². The van der Waals surface area contributed by atoms with Crippen molar-refractivity contribution < 1.29 is 9.53 Å². The van der Waals surface area contributed by atoms with E-state index in [-0.39, 0.29) is 11.3 Å². The van der Waals surface area contributed by atoms with Crippen molar-refractivity contribution in [1.82, 2.24) is 15.1 Å². The van der Waals surface area contributed by atoms with Gasteiger partial charge in [0.05, 0.1) is 19.8 Å². The van der Waals surface area contributed by atoms with Gasteiger partial charge in [-0.15, -0.1) is 0 Å². The molecule has 0 aromatic heterocycles. The summed E-state index contributed by atoms with van der Waals surface area (Å²) < 4.78 is 5.53. The van der Waals surface area contributed by atoms with E-state index in [0.29, 0.717) is 13.1 Å². The molecule has 1 fully saturated rings. The fourth-order valence-corrected chi connectivity index (χ4v) is 4.67. The maximum Gasteiger partial charge on any atom is 0.234 e. The molecule has 1 heterocycles. The van der Waals surface area contributed by atoms with Crippen LogP contribution in [0.1, 0.15) is 39.2 Å². The zero-order chi connectivity index (χ0) is 22.1. The fourth-order valence-electron chi connectivity index (χ4n) is 4.67. The average Bonchev–Trinajstić information content (AvgIpc) is 2.83. The van der Waals surface area contributed by atoms with E-state index < -0.39 is 0 Å². The smallest absolute Gasteiger partial charge is 0.234 e. The number of carbonyl (C=O) groups excluding carboxylic acids is 1. The van der Waals surface area contributed by atoms with Gasteiger partial charge in [-0.25, -0.2) is 0 Å². The summed E-state index contributed by atoms with van der Waals surface area (Å²) in [5.74, 6) is 0.119. The number of rotatable bonds is 11. The van der Waals surface area contributed by atoms with Gasteiger partial charge in [-0.2, -0.15) is 0 Å². The minimum absolute atomic E-state index is 0.0991. The molecule has 0 aliphatic carbocycles. The van der Waals surface area contributed by atoms with Gasteiger partial charge in [0.15, 0.2) is 0 Å². The molecule has 0 spiro atoms. The number of hydrogen-bond acceptors (Lipinski definition) is 4. The summed E-state index contributed by atoms with van der Waals surface area (Å²) in [4.78, 5) is 17.4. The van der Waals surface area contributed by atoms with Crippen molar-refractivity contribution in [2.45, 2.75) is 39.0 Å². The van der Waals surface area contributed by atoms with Crippen LogP contribution in [0, 0.1) is 0 Å². The molecule has 2 aromatic carbocycles. The molecule has 5 nitrogen and oxygen atoms in total. The van der Waals surface area contributed by atoms with Crippen LogP contribution in [-0.4, -0.2) is 74.7 Å². The Morgan fingerprint density at radius 1 is 1.06 bits per heavy atom.